The minimum absolute atomic E-state index is 0.0199. The maximum Gasteiger partial charge on any atom is 0.418 e. The molecule has 0 bridgehead atoms. The molecule has 4 aliphatic rings. The maximum atomic E-state index is 14.0. The second-order valence-corrected chi connectivity index (χ2v) is 14.6. The summed E-state index contributed by atoms with van der Waals surface area (Å²) in [5.41, 5.74) is 5.71. The summed E-state index contributed by atoms with van der Waals surface area (Å²) < 4.78 is 47.3. The third-order valence-electron chi connectivity index (χ3n) is 11.0. The molecule has 3 saturated heterocycles. The van der Waals surface area contributed by atoms with Crippen LogP contribution in [0.4, 0.5) is 34.1 Å². The van der Waals surface area contributed by atoms with Crippen molar-refractivity contribution in [3.63, 3.8) is 0 Å². The van der Waals surface area contributed by atoms with E-state index >= 15 is 0 Å². The number of nitrogen functional groups attached to an aromatic ring is 1. The highest BCUT2D eigenvalue weighted by Crippen LogP contribution is 2.39. The molecule has 16 heteroatoms. The highest BCUT2D eigenvalue weighted by atomic mass is 35.5. The summed E-state index contributed by atoms with van der Waals surface area (Å²) in [6, 6.07) is 9.32. The van der Waals surface area contributed by atoms with Crippen molar-refractivity contribution in [2.45, 2.75) is 69.8 Å². The summed E-state index contributed by atoms with van der Waals surface area (Å²) in [7, 11) is 0. The summed E-state index contributed by atoms with van der Waals surface area (Å²) in [5, 5.41) is 11.7. The predicted octanol–water partition coefficient (Wildman–Crippen LogP) is 5.54. The van der Waals surface area contributed by atoms with E-state index in [2.05, 4.69) is 5.32 Å². The Labute approximate surface area is 305 Å². The fourth-order valence-corrected chi connectivity index (χ4v) is 8.30. The molecular formula is C36H44ClF3N6O6. The van der Waals surface area contributed by atoms with Crippen molar-refractivity contribution >= 4 is 47.0 Å². The molecule has 4 amide bonds. The van der Waals surface area contributed by atoms with E-state index < -0.39 is 41.5 Å². The van der Waals surface area contributed by atoms with Crippen molar-refractivity contribution in [3.8, 4) is 0 Å². The van der Waals surface area contributed by atoms with Crippen LogP contribution in [0.5, 0.6) is 0 Å². The summed E-state index contributed by atoms with van der Waals surface area (Å²) in [6.45, 7) is 3.19. The molecule has 4 heterocycles. The first-order valence-corrected chi connectivity index (χ1v) is 18.1. The lowest BCUT2D eigenvalue weighted by Crippen LogP contribution is -2.52. The summed E-state index contributed by atoms with van der Waals surface area (Å²) in [4.78, 5) is 58.3. The van der Waals surface area contributed by atoms with Gasteiger partial charge in [-0.25, -0.2) is 9.59 Å². The Kier molecular flexibility index (Phi) is 11.4. The number of benzene rings is 2. The van der Waals surface area contributed by atoms with Gasteiger partial charge < -0.3 is 35.6 Å². The molecule has 0 spiro atoms. The maximum absolute atomic E-state index is 14.0. The minimum Gasteiger partial charge on any atom is -0.480 e. The number of nitrogens with zero attached hydrogens (tertiary/aromatic N) is 4. The number of fused-ring (bicyclic) bond motifs is 1. The number of anilines is 2. The number of nitrogens with two attached hydrogens (primary N) is 1. The van der Waals surface area contributed by atoms with E-state index in [4.69, 9.17) is 27.2 Å². The van der Waals surface area contributed by atoms with Gasteiger partial charge in [0.2, 0.25) is 0 Å². The molecule has 4 N–H and O–H groups in total. The van der Waals surface area contributed by atoms with Gasteiger partial charge in [0.15, 0.2) is 6.10 Å². The number of alkyl halides is 3. The molecule has 2 aromatic carbocycles. The highest BCUT2D eigenvalue weighted by Gasteiger charge is 2.39. The average molecular weight is 749 g/mol. The zero-order valence-corrected chi connectivity index (χ0v) is 29.5. The number of rotatable bonds is 8. The van der Waals surface area contributed by atoms with E-state index in [1.54, 1.807) is 9.80 Å². The number of nitrogens with one attached hydrogen (secondary N) is 1. The first-order chi connectivity index (χ1) is 24.8. The number of carboxylic acid groups (broad SMARTS) is 1. The average Bonchev–Trinajstić information content (AvgIpc) is 3.12. The molecule has 3 fully saturated rings. The number of carbonyl (C=O) groups excluding carboxylic acids is 3. The topological polar surface area (TPSA) is 149 Å². The van der Waals surface area contributed by atoms with Gasteiger partial charge in [0.1, 0.15) is 0 Å². The standard InChI is InChI=1S/C36H44ClF3N6O6/c37-28-18-22(17-27(32(28)41)36(38,39)40)19-30(33(49)44-13-7-24(8-14-44)23-5-11-43(12-6-23)21-31(47)48)52-35(51)45-15-9-26(10-16-45)46-20-25-3-1-2-4-29(25)42-34(46)50/h1-4,17-18,23-24,26,30H,5-16,19-21,41H2,(H,42,50)(H,47,48)/t30-/m1/s1. The van der Waals surface area contributed by atoms with Crippen molar-refractivity contribution < 1.29 is 42.2 Å². The van der Waals surface area contributed by atoms with Gasteiger partial charge >= 0.3 is 24.3 Å². The van der Waals surface area contributed by atoms with Crippen LogP contribution in [0.1, 0.15) is 55.2 Å². The Morgan fingerprint density at radius 1 is 0.942 bits per heavy atom. The van der Waals surface area contributed by atoms with Gasteiger partial charge in [0, 0.05) is 50.9 Å². The number of halogens is 4. The van der Waals surface area contributed by atoms with Gasteiger partial charge in [0.05, 0.1) is 22.8 Å². The van der Waals surface area contributed by atoms with E-state index in [0.717, 1.165) is 30.2 Å². The predicted molar refractivity (Wildman–Crippen MR) is 187 cm³/mol. The van der Waals surface area contributed by atoms with Gasteiger partial charge in [-0.1, -0.05) is 29.8 Å². The minimum atomic E-state index is -4.79. The Morgan fingerprint density at radius 2 is 1.56 bits per heavy atom. The van der Waals surface area contributed by atoms with Crippen LogP contribution in [0.2, 0.25) is 5.02 Å². The molecule has 12 nitrogen and oxygen atoms in total. The fourth-order valence-electron chi connectivity index (χ4n) is 8.06. The largest absolute Gasteiger partial charge is 0.480 e. The van der Waals surface area contributed by atoms with Gasteiger partial charge in [0.25, 0.3) is 5.91 Å². The molecule has 0 saturated carbocycles. The van der Waals surface area contributed by atoms with Crippen molar-refractivity contribution in [2.75, 3.05) is 56.9 Å². The SMILES string of the molecule is Nc1c(Cl)cc(C[C@@H](OC(=O)N2CCC(N3Cc4ccccc4NC3=O)CC2)C(=O)N2CCC(C3CCN(CC(=O)O)CC3)CC2)cc1C(F)(F)F. The number of amides is 4. The van der Waals surface area contributed by atoms with E-state index in [0.29, 0.717) is 70.2 Å². The molecule has 6 rings (SSSR count). The van der Waals surface area contributed by atoms with Crippen LogP contribution < -0.4 is 11.1 Å². The number of carbonyl (C=O) groups is 4. The van der Waals surface area contributed by atoms with Crippen LogP contribution in [0.3, 0.4) is 0 Å². The Hall–Kier alpha value is -4.24. The second kappa shape index (κ2) is 15.8. The molecule has 52 heavy (non-hydrogen) atoms. The van der Waals surface area contributed by atoms with Gasteiger partial charge in [-0.2, -0.15) is 13.2 Å². The van der Waals surface area contributed by atoms with Gasteiger partial charge in [-0.3, -0.25) is 14.5 Å². The van der Waals surface area contributed by atoms with Crippen molar-refractivity contribution in [1.82, 2.24) is 19.6 Å². The fraction of sp³-hybridized carbons (Fsp3) is 0.556. The van der Waals surface area contributed by atoms with E-state index in [-0.39, 0.29) is 48.7 Å². The Balaban J connectivity index is 1.11. The smallest absolute Gasteiger partial charge is 0.418 e. The zero-order valence-electron chi connectivity index (χ0n) is 28.7. The zero-order chi connectivity index (χ0) is 37.2. The van der Waals surface area contributed by atoms with E-state index in [1.165, 1.54) is 11.0 Å². The molecule has 0 unspecified atom stereocenters. The number of aliphatic carboxylic acids is 1. The lowest BCUT2D eigenvalue weighted by atomic mass is 9.78. The Morgan fingerprint density at radius 3 is 2.19 bits per heavy atom. The quantitative estimate of drug-likeness (QED) is 0.299. The second-order valence-electron chi connectivity index (χ2n) is 14.2. The summed E-state index contributed by atoms with van der Waals surface area (Å²) in [5.74, 6) is -0.594. The van der Waals surface area contributed by atoms with Gasteiger partial charge in [-0.15, -0.1) is 0 Å². The number of para-hydroxylation sites is 1. The first kappa shape index (κ1) is 37.5. The monoisotopic (exact) mass is 748 g/mol. The molecule has 0 aliphatic carbocycles. The van der Waals surface area contributed by atoms with E-state index in [9.17, 15) is 32.3 Å². The number of hydrogen-bond acceptors (Lipinski definition) is 7. The number of likely N-dealkylation sites (tertiary alicyclic amines) is 3. The number of ether oxygens (including phenoxy) is 1. The van der Waals surface area contributed by atoms with Crippen LogP contribution in [-0.2, 0) is 33.5 Å². The number of carboxylic acids is 1. The number of piperidine rings is 3. The normalized spacial score (nSPS) is 20.3. The molecular weight excluding hydrogens is 705 g/mol. The van der Waals surface area contributed by atoms with Crippen molar-refractivity contribution in [3.05, 3.63) is 58.1 Å². The molecule has 2 aromatic rings. The summed E-state index contributed by atoms with van der Waals surface area (Å²) in [6.07, 6.45) is -3.16. The first-order valence-electron chi connectivity index (χ1n) is 17.8. The van der Waals surface area contributed by atoms with Crippen LogP contribution in [0.15, 0.2) is 36.4 Å². The van der Waals surface area contributed by atoms with Crippen molar-refractivity contribution in [1.29, 1.82) is 0 Å². The van der Waals surface area contributed by atoms with Crippen LogP contribution in [0.25, 0.3) is 0 Å². The summed E-state index contributed by atoms with van der Waals surface area (Å²) >= 11 is 6.10. The highest BCUT2D eigenvalue weighted by molar-refractivity contribution is 6.33. The Bertz CT molecular complexity index is 1660. The van der Waals surface area contributed by atoms with E-state index in [1.807, 2.05) is 29.2 Å². The van der Waals surface area contributed by atoms with Gasteiger partial charge in [-0.05, 0) is 92.8 Å². The molecule has 0 aromatic heterocycles. The van der Waals surface area contributed by atoms with Crippen LogP contribution in [0, 0.1) is 11.8 Å². The van der Waals surface area contributed by atoms with Crippen LogP contribution in [-0.4, -0.2) is 107 Å². The molecule has 0 radical (unpaired) electrons. The third kappa shape index (κ3) is 8.68. The van der Waals surface area contributed by atoms with Crippen molar-refractivity contribution in [2.24, 2.45) is 11.8 Å². The molecule has 282 valence electrons. The molecule has 1 atom stereocenters. The lowest BCUT2D eigenvalue weighted by Gasteiger charge is -2.41. The lowest BCUT2D eigenvalue weighted by molar-refractivity contribution is -0.142. The number of hydrogen-bond donors (Lipinski definition) is 3. The number of urea groups is 1. The third-order valence-corrected chi connectivity index (χ3v) is 11.3. The molecule has 4 aliphatic heterocycles. The van der Waals surface area contributed by atoms with Crippen LogP contribution >= 0.6 is 11.6 Å².